The van der Waals surface area contributed by atoms with Crippen molar-refractivity contribution >= 4 is 12.1 Å². The number of hydrogen-bond donors (Lipinski definition) is 0. The van der Waals surface area contributed by atoms with E-state index in [1.54, 1.807) is 33.0 Å². The van der Waals surface area contributed by atoms with E-state index in [1.807, 2.05) is 0 Å². The summed E-state index contributed by atoms with van der Waals surface area (Å²) in [6.07, 6.45) is 1.17. The van der Waals surface area contributed by atoms with E-state index in [0.29, 0.717) is 18.2 Å². The minimum Gasteiger partial charge on any atom is -0.491 e. The van der Waals surface area contributed by atoms with Gasteiger partial charge in [0.05, 0.1) is 27.2 Å². The quantitative estimate of drug-likeness (QED) is 0.755. The van der Waals surface area contributed by atoms with Crippen LogP contribution in [0.5, 0.6) is 11.6 Å². The first-order valence-electron chi connectivity index (χ1n) is 8.33. The summed E-state index contributed by atoms with van der Waals surface area (Å²) >= 11 is 0. The maximum absolute atomic E-state index is 12.4. The van der Waals surface area contributed by atoms with Crippen molar-refractivity contribution in [2.45, 2.75) is 32.3 Å². The van der Waals surface area contributed by atoms with Crippen molar-refractivity contribution in [3.05, 3.63) is 17.8 Å². The monoisotopic (exact) mass is 366 g/mol. The van der Waals surface area contributed by atoms with Gasteiger partial charge in [-0.2, -0.15) is 0 Å². The number of likely N-dealkylation sites (tertiary alicyclic amines) is 1. The number of rotatable bonds is 4. The molecule has 0 radical (unpaired) electrons. The highest BCUT2D eigenvalue weighted by molar-refractivity contribution is 5.77. The van der Waals surface area contributed by atoms with E-state index < -0.39 is 17.6 Å². The van der Waals surface area contributed by atoms with Gasteiger partial charge in [0.15, 0.2) is 5.75 Å². The Morgan fingerprint density at radius 1 is 1.15 bits per heavy atom. The second-order valence-electron chi connectivity index (χ2n) is 7.10. The molecule has 8 nitrogen and oxygen atoms in total. The summed E-state index contributed by atoms with van der Waals surface area (Å²) in [4.78, 5) is 30.4. The molecule has 0 N–H and O–H groups in total. The molecule has 1 saturated heterocycles. The Morgan fingerprint density at radius 3 is 2.38 bits per heavy atom. The summed E-state index contributed by atoms with van der Waals surface area (Å²) < 4.78 is 20.8. The molecule has 0 unspecified atom stereocenters. The van der Waals surface area contributed by atoms with Gasteiger partial charge in [0.25, 0.3) is 5.88 Å². The summed E-state index contributed by atoms with van der Waals surface area (Å²) in [5, 5.41) is 0. The molecule has 1 aromatic rings. The maximum atomic E-state index is 12.4. The van der Waals surface area contributed by atoms with Gasteiger partial charge in [-0.15, -0.1) is 0 Å². The highest BCUT2D eigenvalue weighted by Crippen LogP contribution is 2.37. The second kappa shape index (κ2) is 7.80. The summed E-state index contributed by atoms with van der Waals surface area (Å²) in [6, 6.07) is 1.77. The molecule has 1 aliphatic heterocycles. The number of ether oxygens (including phenoxy) is 4. The van der Waals surface area contributed by atoms with E-state index in [1.165, 1.54) is 26.2 Å². The number of amides is 1. The van der Waals surface area contributed by atoms with Crippen molar-refractivity contribution in [1.82, 2.24) is 9.88 Å². The van der Waals surface area contributed by atoms with Crippen LogP contribution < -0.4 is 9.47 Å². The topological polar surface area (TPSA) is 87.2 Å². The lowest BCUT2D eigenvalue weighted by molar-refractivity contribution is -0.145. The van der Waals surface area contributed by atoms with E-state index in [0.717, 1.165) is 5.56 Å². The van der Waals surface area contributed by atoms with Crippen molar-refractivity contribution in [2.75, 3.05) is 34.4 Å². The van der Waals surface area contributed by atoms with Gasteiger partial charge in [-0.1, -0.05) is 0 Å². The molecule has 1 aliphatic rings. The van der Waals surface area contributed by atoms with Crippen molar-refractivity contribution in [3.63, 3.8) is 0 Å². The van der Waals surface area contributed by atoms with E-state index >= 15 is 0 Å². The van der Waals surface area contributed by atoms with E-state index in [9.17, 15) is 9.59 Å². The molecule has 0 aliphatic carbocycles. The summed E-state index contributed by atoms with van der Waals surface area (Å²) in [5.41, 5.74) is 0.157. The number of esters is 1. The fraction of sp³-hybridized carbons (Fsp3) is 0.611. The molecule has 1 amide bonds. The van der Waals surface area contributed by atoms with Crippen LogP contribution in [0.15, 0.2) is 12.3 Å². The van der Waals surface area contributed by atoms with Crippen LogP contribution in [0.25, 0.3) is 0 Å². The van der Waals surface area contributed by atoms with Gasteiger partial charge in [-0.3, -0.25) is 4.79 Å². The zero-order valence-electron chi connectivity index (χ0n) is 16.1. The minimum atomic E-state index is -0.610. The van der Waals surface area contributed by atoms with Gasteiger partial charge in [-0.25, -0.2) is 9.78 Å². The van der Waals surface area contributed by atoms with Gasteiger partial charge in [0.1, 0.15) is 5.60 Å². The van der Waals surface area contributed by atoms with E-state index in [4.69, 9.17) is 18.9 Å². The highest BCUT2D eigenvalue weighted by atomic mass is 16.6. The van der Waals surface area contributed by atoms with Crippen molar-refractivity contribution in [3.8, 4) is 11.6 Å². The van der Waals surface area contributed by atoms with Gasteiger partial charge in [-0.05, 0) is 32.4 Å². The number of hydrogen-bond acceptors (Lipinski definition) is 7. The standard InChI is InChI=1S/C18H26N2O6/c1-18(2,3)26-17(22)20-9-12(13(10-20)16(21)25-6)11-7-14(23-4)15(24-5)19-8-11/h7-8,12-13H,9-10H2,1-6H3/t12-,13+/m1/s1. The Bertz CT molecular complexity index is 670. The molecule has 0 saturated carbocycles. The van der Waals surface area contributed by atoms with Crippen LogP contribution in [0, 0.1) is 5.92 Å². The van der Waals surface area contributed by atoms with Crippen LogP contribution in [0.1, 0.15) is 32.3 Å². The Kier molecular flexibility index (Phi) is 5.94. The lowest BCUT2D eigenvalue weighted by atomic mass is 9.90. The third kappa shape index (κ3) is 4.36. The molecule has 0 aromatic carbocycles. The molecule has 8 heteroatoms. The fourth-order valence-corrected chi connectivity index (χ4v) is 2.96. The molecule has 2 heterocycles. The number of carbonyl (C=O) groups excluding carboxylic acids is 2. The van der Waals surface area contributed by atoms with Crippen molar-refractivity contribution in [2.24, 2.45) is 5.92 Å². The van der Waals surface area contributed by atoms with Crippen LogP contribution >= 0.6 is 0 Å². The normalized spacial score (nSPS) is 19.8. The third-order valence-electron chi connectivity index (χ3n) is 4.16. The molecule has 2 rings (SSSR count). The Labute approximate surface area is 153 Å². The molecular formula is C18H26N2O6. The lowest BCUT2D eigenvalue weighted by Crippen LogP contribution is -2.36. The average molecular weight is 366 g/mol. The zero-order chi connectivity index (χ0) is 19.5. The molecule has 2 atom stereocenters. The summed E-state index contributed by atoms with van der Waals surface area (Å²) in [5.74, 6) is -0.345. The fourth-order valence-electron chi connectivity index (χ4n) is 2.96. The molecule has 0 bridgehead atoms. The van der Waals surface area contributed by atoms with E-state index in [2.05, 4.69) is 4.98 Å². The number of nitrogens with zero attached hydrogens (tertiary/aromatic N) is 2. The third-order valence-corrected chi connectivity index (χ3v) is 4.16. The molecule has 144 valence electrons. The molecular weight excluding hydrogens is 340 g/mol. The van der Waals surface area contributed by atoms with Gasteiger partial charge < -0.3 is 23.8 Å². The second-order valence-corrected chi connectivity index (χ2v) is 7.10. The average Bonchev–Trinajstić information content (AvgIpc) is 3.04. The highest BCUT2D eigenvalue weighted by Gasteiger charge is 2.42. The summed E-state index contributed by atoms with van der Waals surface area (Å²) in [6.45, 7) is 5.95. The van der Waals surface area contributed by atoms with Crippen LogP contribution in [-0.2, 0) is 14.3 Å². The predicted octanol–water partition coefficient (Wildman–Crippen LogP) is 2.22. The number of aromatic nitrogens is 1. The minimum absolute atomic E-state index is 0.223. The van der Waals surface area contributed by atoms with E-state index in [-0.39, 0.29) is 18.4 Å². The molecule has 1 fully saturated rings. The summed E-state index contributed by atoms with van der Waals surface area (Å²) in [7, 11) is 4.35. The molecule has 26 heavy (non-hydrogen) atoms. The predicted molar refractivity (Wildman–Crippen MR) is 93.4 cm³/mol. The first-order valence-corrected chi connectivity index (χ1v) is 8.33. The van der Waals surface area contributed by atoms with Crippen LogP contribution in [0.4, 0.5) is 4.79 Å². The Morgan fingerprint density at radius 2 is 1.85 bits per heavy atom. The van der Waals surface area contributed by atoms with Crippen molar-refractivity contribution in [1.29, 1.82) is 0 Å². The molecule has 0 spiro atoms. The molecule has 1 aromatic heterocycles. The smallest absolute Gasteiger partial charge is 0.410 e. The van der Waals surface area contributed by atoms with Gasteiger partial charge >= 0.3 is 12.1 Å². The van der Waals surface area contributed by atoms with Gasteiger partial charge in [0, 0.05) is 25.2 Å². The van der Waals surface area contributed by atoms with Crippen LogP contribution in [0.3, 0.4) is 0 Å². The largest absolute Gasteiger partial charge is 0.491 e. The maximum Gasteiger partial charge on any atom is 0.410 e. The number of carbonyl (C=O) groups is 2. The zero-order valence-corrected chi connectivity index (χ0v) is 16.1. The first-order chi connectivity index (χ1) is 12.2. The van der Waals surface area contributed by atoms with Crippen LogP contribution in [0.2, 0.25) is 0 Å². The SMILES string of the molecule is COC(=O)[C@H]1CN(C(=O)OC(C)(C)C)C[C@@H]1c1cnc(OC)c(OC)c1. The number of methoxy groups -OCH3 is 3. The van der Waals surface area contributed by atoms with Gasteiger partial charge in [0.2, 0.25) is 0 Å². The van der Waals surface area contributed by atoms with Crippen molar-refractivity contribution < 1.29 is 28.5 Å². The Hall–Kier alpha value is -2.51. The number of pyridine rings is 1. The van der Waals surface area contributed by atoms with Crippen LogP contribution in [-0.4, -0.2) is 62.0 Å². The first kappa shape index (κ1) is 19.8. The Balaban J connectivity index is 2.30. The lowest BCUT2D eigenvalue weighted by Gasteiger charge is -2.24.